The third-order valence-corrected chi connectivity index (χ3v) is 4.45. The lowest BCUT2D eigenvalue weighted by Gasteiger charge is -2.33. The highest BCUT2D eigenvalue weighted by atomic mass is 16.2. The van der Waals surface area contributed by atoms with Crippen molar-refractivity contribution in [1.29, 1.82) is 0 Å². The van der Waals surface area contributed by atoms with E-state index in [1.54, 1.807) is 0 Å². The first-order valence-corrected chi connectivity index (χ1v) is 8.61. The molecule has 0 aromatic rings. The number of nitrogens with zero attached hydrogens (tertiary/aromatic N) is 2. The third-order valence-electron chi connectivity index (χ3n) is 4.45. The van der Waals surface area contributed by atoms with Gasteiger partial charge in [0.1, 0.15) is 0 Å². The topological polar surface area (TPSA) is 35.6 Å². The molecule has 1 aliphatic rings. The van der Waals surface area contributed by atoms with Crippen molar-refractivity contribution in [3.8, 4) is 0 Å². The fourth-order valence-electron chi connectivity index (χ4n) is 3.29. The first kappa shape index (κ1) is 18.4. The Morgan fingerprint density at radius 3 is 2.14 bits per heavy atom. The van der Waals surface area contributed by atoms with Gasteiger partial charge in [0.25, 0.3) is 0 Å². The Morgan fingerprint density at radius 2 is 1.71 bits per heavy atom. The molecular weight excluding hydrogens is 262 g/mol. The van der Waals surface area contributed by atoms with Gasteiger partial charge in [0.15, 0.2) is 0 Å². The normalized spacial score (nSPS) is 23.4. The van der Waals surface area contributed by atoms with Gasteiger partial charge in [-0.3, -0.25) is 15.0 Å². The molecule has 0 bridgehead atoms. The van der Waals surface area contributed by atoms with Crippen LogP contribution in [0, 0.1) is 5.92 Å². The van der Waals surface area contributed by atoms with Gasteiger partial charge in [-0.2, -0.15) is 0 Å². The lowest BCUT2D eigenvalue weighted by Crippen LogP contribution is -2.46. The van der Waals surface area contributed by atoms with E-state index >= 15 is 0 Å². The van der Waals surface area contributed by atoms with Crippen molar-refractivity contribution < 1.29 is 4.79 Å². The molecule has 1 fully saturated rings. The van der Waals surface area contributed by atoms with E-state index in [0.29, 0.717) is 18.0 Å². The van der Waals surface area contributed by atoms with Crippen molar-refractivity contribution in [2.45, 2.75) is 85.6 Å². The van der Waals surface area contributed by atoms with Crippen LogP contribution in [0.3, 0.4) is 0 Å². The predicted molar refractivity (Wildman–Crippen MR) is 89.1 cm³/mol. The second kappa shape index (κ2) is 8.14. The molecule has 1 amide bonds. The quantitative estimate of drug-likeness (QED) is 0.748. The highest BCUT2D eigenvalue weighted by molar-refractivity contribution is 5.84. The lowest BCUT2D eigenvalue weighted by molar-refractivity contribution is -0.131. The molecule has 0 aliphatic carbocycles. The Labute approximate surface area is 131 Å². The maximum Gasteiger partial charge on any atom is 0.241 e. The maximum atomic E-state index is 12.6. The molecule has 0 aromatic heterocycles. The SMILES string of the molecule is CCCC1NC(C(C)C)C(=O)N1CCN(C(C)C)C(C)C. The first-order chi connectivity index (χ1) is 9.79. The van der Waals surface area contributed by atoms with Crippen LogP contribution in [0.2, 0.25) is 0 Å². The van der Waals surface area contributed by atoms with Crippen LogP contribution in [-0.4, -0.2) is 53.1 Å². The van der Waals surface area contributed by atoms with Crippen LogP contribution >= 0.6 is 0 Å². The molecule has 2 atom stereocenters. The molecule has 0 spiro atoms. The van der Waals surface area contributed by atoms with E-state index in [-0.39, 0.29) is 18.1 Å². The monoisotopic (exact) mass is 297 g/mol. The summed E-state index contributed by atoms with van der Waals surface area (Å²) in [6.07, 6.45) is 2.36. The Kier molecular flexibility index (Phi) is 7.14. The van der Waals surface area contributed by atoms with Crippen LogP contribution in [-0.2, 0) is 4.79 Å². The minimum Gasteiger partial charge on any atom is -0.325 e. The molecule has 4 nitrogen and oxygen atoms in total. The summed E-state index contributed by atoms with van der Waals surface area (Å²) in [6, 6.07) is 1.02. The number of hydrogen-bond acceptors (Lipinski definition) is 3. The summed E-state index contributed by atoms with van der Waals surface area (Å²) in [5.74, 6) is 0.643. The maximum absolute atomic E-state index is 12.6. The van der Waals surface area contributed by atoms with Crippen molar-refractivity contribution in [1.82, 2.24) is 15.1 Å². The van der Waals surface area contributed by atoms with E-state index in [9.17, 15) is 4.79 Å². The minimum absolute atomic E-state index is 0.00639. The van der Waals surface area contributed by atoms with E-state index in [2.05, 4.69) is 63.6 Å². The highest BCUT2D eigenvalue weighted by Crippen LogP contribution is 2.20. The predicted octanol–water partition coefficient (Wildman–Crippen LogP) is 2.69. The molecule has 0 aromatic carbocycles. The standard InChI is InChI=1S/C17H35N3O/c1-8-9-15-18-16(12(2)3)17(21)20(15)11-10-19(13(4)5)14(6)7/h12-16,18H,8-11H2,1-7H3. The van der Waals surface area contributed by atoms with Crippen LogP contribution in [0.15, 0.2) is 0 Å². The molecule has 124 valence electrons. The van der Waals surface area contributed by atoms with Crippen molar-refractivity contribution >= 4 is 5.91 Å². The number of carbonyl (C=O) groups excluding carboxylic acids is 1. The zero-order valence-electron chi connectivity index (χ0n) is 15.0. The molecule has 1 aliphatic heterocycles. The smallest absolute Gasteiger partial charge is 0.241 e. The second-order valence-corrected chi connectivity index (χ2v) is 7.15. The van der Waals surface area contributed by atoms with Gasteiger partial charge in [0.2, 0.25) is 5.91 Å². The fraction of sp³-hybridized carbons (Fsp3) is 0.941. The number of hydrogen-bond donors (Lipinski definition) is 1. The zero-order chi connectivity index (χ0) is 16.2. The van der Waals surface area contributed by atoms with E-state index in [1.165, 1.54) is 0 Å². The van der Waals surface area contributed by atoms with Crippen LogP contribution in [0.4, 0.5) is 0 Å². The first-order valence-electron chi connectivity index (χ1n) is 8.61. The van der Waals surface area contributed by atoms with E-state index < -0.39 is 0 Å². The number of carbonyl (C=O) groups is 1. The van der Waals surface area contributed by atoms with Gasteiger partial charge in [0.05, 0.1) is 12.2 Å². The summed E-state index contributed by atoms with van der Waals surface area (Å²) in [5.41, 5.74) is 0. The van der Waals surface area contributed by atoms with Crippen molar-refractivity contribution in [2.75, 3.05) is 13.1 Å². The molecule has 1 saturated heterocycles. The van der Waals surface area contributed by atoms with Crippen molar-refractivity contribution in [3.63, 3.8) is 0 Å². The molecule has 21 heavy (non-hydrogen) atoms. The van der Waals surface area contributed by atoms with Gasteiger partial charge in [-0.05, 0) is 40.0 Å². The van der Waals surface area contributed by atoms with Gasteiger partial charge >= 0.3 is 0 Å². The molecule has 1 rings (SSSR count). The summed E-state index contributed by atoms with van der Waals surface area (Å²) >= 11 is 0. The van der Waals surface area contributed by atoms with Gasteiger partial charge in [0, 0.05) is 25.2 Å². The summed E-state index contributed by atoms with van der Waals surface area (Å²) in [6.45, 7) is 17.1. The van der Waals surface area contributed by atoms with Crippen molar-refractivity contribution in [3.05, 3.63) is 0 Å². The average molecular weight is 297 g/mol. The zero-order valence-corrected chi connectivity index (χ0v) is 15.0. The lowest BCUT2D eigenvalue weighted by atomic mass is 10.1. The van der Waals surface area contributed by atoms with Crippen LogP contribution in [0.1, 0.15) is 61.3 Å². The van der Waals surface area contributed by atoms with Gasteiger partial charge in [-0.15, -0.1) is 0 Å². The summed E-state index contributed by atoms with van der Waals surface area (Å²) in [7, 11) is 0. The third kappa shape index (κ3) is 4.68. The van der Waals surface area contributed by atoms with Crippen molar-refractivity contribution in [2.24, 2.45) is 5.92 Å². The fourth-order valence-corrected chi connectivity index (χ4v) is 3.29. The Morgan fingerprint density at radius 1 is 1.14 bits per heavy atom. The van der Waals surface area contributed by atoms with E-state index in [1.807, 2.05) is 0 Å². The van der Waals surface area contributed by atoms with Gasteiger partial charge < -0.3 is 4.90 Å². The Hall–Kier alpha value is -0.610. The molecule has 0 saturated carbocycles. The molecule has 0 radical (unpaired) electrons. The van der Waals surface area contributed by atoms with Crippen LogP contribution in [0.25, 0.3) is 0 Å². The average Bonchev–Trinajstić information content (AvgIpc) is 2.67. The number of nitrogens with one attached hydrogen (secondary N) is 1. The Balaban J connectivity index is 2.71. The molecule has 4 heteroatoms. The molecule has 2 unspecified atom stereocenters. The largest absolute Gasteiger partial charge is 0.325 e. The van der Waals surface area contributed by atoms with Crippen LogP contribution < -0.4 is 5.32 Å². The van der Waals surface area contributed by atoms with Gasteiger partial charge in [-0.1, -0.05) is 27.2 Å². The molecular formula is C17H35N3O. The van der Waals surface area contributed by atoms with E-state index in [4.69, 9.17) is 0 Å². The molecule has 1 heterocycles. The summed E-state index contributed by atoms with van der Waals surface area (Å²) in [5, 5.41) is 3.53. The van der Waals surface area contributed by atoms with Crippen LogP contribution in [0.5, 0.6) is 0 Å². The van der Waals surface area contributed by atoms with E-state index in [0.717, 1.165) is 25.9 Å². The van der Waals surface area contributed by atoms with Gasteiger partial charge in [-0.25, -0.2) is 0 Å². The minimum atomic E-state index is -0.00639. The highest BCUT2D eigenvalue weighted by Gasteiger charge is 2.39. The summed E-state index contributed by atoms with van der Waals surface area (Å²) in [4.78, 5) is 17.2. The second-order valence-electron chi connectivity index (χ2n) is 7.15. The number of amides is 1. The molecule has 1 N–H and O–H groups in total. The Bertz CT molecular complexity index is 320. The summed E-state index contributed by atoms with van der Waals surface area (Å²) < 4.78 is 0. The number of rotatable bonds is 8.